The molecule has 0 saturated carbocycles. The molecule has 4 rings (SSSR count). The van der Waals surface area contributed by atoms with Gasteiger partial charge in [-0.25, -0.2) is 0 Å². The number of carbonyl (C=O) groups is 1. The van der Waals surface area contributed by atoms with Crippen LogP contribution in [0.3, 0.4) is 0 Å². The SMILES string of the molecule is Cn1ncc2c1CCC[C@H]2NC(=O)c1ccc(N2CCOCC2)cc1. The van der Waals surface area contributed by atoms with E-state index in [2.05, 4.69) is 15.3 Å². The lowest BCUT2D eigenvalue weighted by Crippen LogP contribution is -2.36. The summed E-state index contributed by atoms with van der Waals surface area (Å²) in [6.45, 7) is 3.32. The number of nitrogens with zero attached hydrogens (tertiary/aromatic N) is 3. The van der Waals surface area contributed by atoms with Crippen molar-refractivity contribution in [2.75, 3.05) is 31.2 Å². The summed E-state index contributed by atoms with van der Waals surface area (Å²) in [5.74, 6) is -0.0183. The van der Waals surface area contributed by atoms with Crippen LogP contribution in [0.5, 0.6) is 0 Å². The summed E-state index contributed by atoms with van der Waals surface area (Å²) in [6.07, 6.45) is 4.97. The van der Waals surface area contributed by atoms with Gasteiger partial charge in [-0.3, -0.25) is 9.48 Å². The highest BCUT2D eigenvalue weighted by Gasteiger charge is 2.25. The Labute approximate surface area is 147 Å². The molecule has 0 radical (unpaired) electrons. The molecule has 6 heteroatoms. The van der Waals surface area contributed by atoms with Crippen LogP contribution in [0.1, 0.15) is 40.5 Å². The van der Waals surface area contributed by atoms with E-state index in [1.165, 1.54) is 5.69 Å². The summed E-state index contributed by atoms with van der Waals surface area (Å²) in [5, 5.41) is 7.52. The van der Waals surface area contributed by atoms with Crippen LogP contribution in [0.2, 0.25) is 0 Å². The fraction of sp³-hybridized carbons (Fsp3) is 0.474. The molecule has 2 heterocycles. The van der Waals surface area contributed by atoms with Crippen LogP contribution in [0.4, 0.5) is 5.69 Å². The number of morpholine rings is 1. The first-order valence-electron chi connectivity index (χ1n) is 8.97. The average Bonchev–Trinajstić information content (AvgIpc) is 3.05. The van der Waals surface area contributed by atoms with Gasteiger partial charge in [-0.05, 0) is 43.5 Å². The first-order chi connectivity index (χ1) is 12.2. The number of hydrogen-bond donors (Lipinski definition) is 1. The van der Waals surface area contributed by atoms with Crippen LogP contribution in [0, 0.1) is 0 Å². The third-order valence-corrected chi connectivity index (χ3v) is 5.19. The van der Waals surface area contributed by atoms with Crippen LogP contribution in [-0.4, -0.2) is 42.0 Å². The van der Waals surface area contributed by atoms with Crippen molar-refractivity contribution in [1.29, 1.82) is 0 Å². The molecule has 0 bridgehead atoms. The van der Waals surface area contributed by atoms with Gasteiger partial charge in [0.15, 0.2) is 0 Å². The second-order valence-electron chi connectivity index (χ2n) is 6.73. The van der Waals surface area contributed by atoms with Gasteiger partial charge in [0.05, 0.1) is 25.5 Å². The molecule has 1 aliphatic heterocycles. The van der Waals surface area contributed by atoms with Gasteiger partial charge in [0.25, 0.3) is 5.91 Å². The molecular formula is C19H24N4O2. The number of rotatable bonds is 3. The zero-order chi connectivity index (χ0) is 17.2. The van der Waals surface area contributed by atoms with E-state index in [0.29, 0.717) is 5.56 Å². The topological polar surface area (TPSA) is 59.4 Å². The van der Waals surface area contributed by atoms with Gasteiger partial charge in [0.1, 0.15) is 0 Å². The van der Waals surface area contributed by atoms with Crippen molar-refractivity contribution >= 4 is 11.6 Å². The van der Waals surface area contributed by atoms with Crippen molar-refractivity contribution in [3.05, 3.63) is 47.3 Å². The number of amides is 1. The van der Waals surface area contributed by atoms with Crippen molar-refractivity contribution in [2.45, 2.75) is 25.3 Å². The first-order valence-corrected chi connectivity index (χ1v) is 8.97. The molecule has 1 aromatic heterocycles. The number of ether oxygens (including phenoxy) is 1. The van der Waals surface area contributed by atoms with E-state index < -0.39 is 0 Å². The highest BCUT2D eigenvalue weighted by atomic mass is 16.5. The van der Waals surface area contributed by atoms with Crippen LogP contribution in [-0.2, 0) is 18.2 Å². The Kier molecular flexibility index (Phi) is 4.44. The molecule has 6 nitrogen and oxygen atoms in total. The predicted octanol–water partition coefficient (Wildman–Crippen LogP) is 2.06. The van der Waals surface area contributed by atoms with Gasteiger partial charge in [0.2, 0.25) is 0 Å². The quantitative estimate of drug-likeness (QED) is 0.929. The second-order valence-corrected chi connectivity index (χ2v) is 6.73. The molecule has 1 fully saturated rings. The zero-order valence-corrected chi connectivity index (χ0v) is 14.6. The van der Waals surface area contributed by atoms with Crippen molar-refractivity contribution in [2.24, 2.45) is 7.05 Å². The highest BCUT2D eigenvalue weighted by Crippen LogP contribution is 2.29. The molecule has 1 atom stereocenters. The van der Waals surface area contributed by atoms with Gasteiger partial charge < -0.3 is 15.0 Å². The number of aryl methyl sites for hydroxylation is 1. The number of hydrogen-bond acceptors (Lipinski definition) is 4. The van der Waals surface area contributed by atoms with Crippen LogP contribution < -0.4 is 10.2 Å². The van der Waals surface area contributed by atoms with Crippen molar-refractivity contribution in [3.8, 4) is 0 Å². The highest BCUT2D eigenvalue weighted by molar-refractivity contribution is 5.94. The molecule has 1 N–H and O–H groups in total. The van der Waals surface area contributed by atoms with Gasteiger partial charge in [-0.15, -0.1) is 0 Å². The summed E-state index contributed by atoms with van der Waals surface area (Å²) in [5.41, 5.74) is 4.24. The van der Waals surface area contributed by atoms with Gasteiger partial charge >= 0.3 is 0 Å². The Morgan fingerprint density at radius 2 is 2.00 bits per heavy atom. The van der Waals surface area contributed by atoms with Gasteiger partial charge in [-0.2, -0.15) is 5.10 Å². The molecule has 132 valence electrons. The molecule has 2 aromatic rings. The fourth-order valence-corrected chi connectivity index (χ4v) is 3.74. The lowest BCUT2D eigenvalue weighted by molar-refractivity contribution is 0.0932. The summed E-state index contributed by atoms with van der Waals surface area (Å²) in [4.78, 5) is 14.9. The van der Waals surface area contributed by atoms with E-state index in [4.69, 9.17) is 4.74 Å². The number of carbonyl (C=O) groups excluding carboxylic acids is 1. The molecule has 0 spiro atoms. The molecule has 1 aromatic carbocycles. The minimum atomic E-state index is -0.0183. The standard InChI is InChI=1S/C19H24N4O2/c1-22-18-4-2-3-17(16(18)13-20-22)21-19(24)14-5-7-15(8-6-14)23-9-11-25-12-10-23/h5-8,13,17H,2-4,9-12H2,1H3,(H,21,24)/t17-/m1/s1. The summed E-state index contributed by atoms with van der Waals surface area (Å²) < 4.78 is 7.31. The number of fused-ring (bicyclic) bond motifs is 1. The minimum Gasteiger partial charge on any atom is -0.378 e. The molecule has 1 aliphatic carbocycles. The fourth-order valence-electron chi connectivity index (χ4n) is 3.74. The molecule has 1 amide bonds. The Balaban J connectivity index is 1.45. The largest absolute Gasteiger partial charge is 0.378 e. The van der Waals surface area contributed by atoms with Crippen molar-refractivity contribution < 1.29 is 9.53 Å². The zero-order valence-electron chi connectivity index (χ0n) is 14.6. The van der Waals surface area contributed by atoms with Crippen LogP contribution in [0.25, 0.3) is 0 Å². The minimum absolute atomic E-state index is 0.0183. The Hall–Kier alpha value is -2.34. The lowest BCUT2D eigenvalue weighted by Gasteiger charge is -2.29. The summed E-state index contributed by atoms with van der Waals surface area (Å²) >= 11 is 0. The lowest BCUT2D eigenvalue weighted by atomic mass is 9.93. The van der Waals surface area contributed by atoms with Crippen molar-refractivity contribution in [1.82, 2.24) is 15.1 Å². The van der Waals surface area contributed by atoms with E-state index in [0.717, 1.165) is 56.8 Å². The molecule has 25 heavy (non-hydrogen) atoms. The number of anilines is 1. The van der Waals surface area contributed by atoms with E-state index in [1.807, 2.05) is 42.2 Å². The molecule has 0 unspecified atom stereocenters. The maximum absolute atomic E-state index is 12.6. The monoisotopic (exact) mass is 340 g/mol. The number of benzene rings is 1. The third kappa shape index (κ3) is 3.26. The van der Waals surface area contributed by atoms with Gasteiger partial charge in [0, 0.05) is 42.6 Å². The smallest absolute Gasteiger partial charge is 0.251 e. The average molecular weight is 340 g/mol. The molecular weight excluding hydrogens is 316 g/mol. The Morgan fingerprint density at radius 1 is 1.24 bits per heavy atom. The van der Waals surface area contributed by atoms with E-state index >= 15 is 0 Å². The number of nitrogens with one attached hydrogen (secondary N) is 1. The first kappa shape index (κ1) is 16.1. The number of aromatic nitrogens is 2. The summed E-state index contributed by atoms with van der Waals surface area (Å²) in [6, 6.07) is 7.93. The van der Waals surface area contributed by atoms with Gasteiger partial charge in [-0.1, -0.05) is 0 Å². The predicted molar refractivity (Wildman–Crippen MR) is 95.8 cm³/mol. The normalized spacial score (nSPS) is 20.2. The summed E-state index contributed by atoms with van der Waals surface area (Å²) in [7, 11) is 1.97. The van der Waals surface area contributed by atoms with Crippen LogP contribution in [0.15, 0.2) is 30.5 Å². The maximum Gasteiger partial charge on any atom is 0.251 e. The molecule has 1 saturated heterocycles. The van der Waals surface area contributed by atoms with E-state index in [9.17, 15) is 4.79 Å². The van der Waals surface area contributed by atoms with Crippen molar-refractivity contribution in [3.63, 3.8) is 0 Å². The molecule has 2 aliphatic rings. The van der Waals surface area contributed by atoms with E-state index in [-0.39, 0.29) is 11.9 Å². The second kappa shape index (κ2) is 6.88. The van der Waals surface area contributed by atoms with E-state index in [1.54, 1.807) is 0 Å². The maximum atomic E-state index is 12.6. The van der Waals surface area contributed by atoms with Crippen LogP contribution >= 0.6 is 0 Å². The Morgan fingerprint density at radius 3 is 2.76 bits per heavy atom. The third-order valence-electron chi connectivity index (χ3n) is 5.19. The Bertz CT molecular complexity index is 747.